The smallest absolute Gasteiger partial charge is 0.237 e. The average molecular weight is 310 g/mol. The summed E-state index contributed by atoms with van der Waals surface area (Å²) < 4.78 is 0. The third-order valence-electron chi connectivity index (χ3n) is 3.78. The lowest BCUT2D eigenvalue weighted by Gasteiger charge is -2.11. The number of nitrogens with one attached hydrogen (secondary N) is 2. The Morgan fingerprint density at radius 3 is 2.76 bits per heavy atom. The fraction of sp³-hybridized carbons (Fsp3) is 0.438. The molecule has 2 rings (SSSR count). The minimum Gasteiger partial charge on any atom is -0.358 e. The molecule has 0 bridgehead atoms. The number of nitrogens with two attached hydrogens (primary N) is 1. The van der Waals surface area contributed by atoms with Crippen molar-refractivity contribution in [3.8, 4) is 0 Å². The molecule has 1 aromatic heterocycles. The van der Waals surface area contributed by atoms with E-state index in [0.29, 0.717) is 6.54 Å². The lowest BCUT2D eigenvalue weighted by Crippen LogP contribution is -2.40. The normalized spacial score (nSPS) is 12.0. The number of aromatic nitrogens is 1. The number of carbonyl (C=O) groups is 1. The topological polar surface area (TPSA) is 70.9 Å². The van der Waals surface area contributed by atoms with Gasteiger partial charge in [0.2, 0.25) is 5.91 Å². The molecule has 0 saturated heterocycles. The number of rotatable bonds is 5. The highest BCUT2D eigenvalue weighted by molar-refractivity contribution is 5.86. The molecule has 0 aliphatic heterocycles. The molecule has 1 unspecified atom stereocenters. The van der Waals surface area contributed by atoms with Gasteiger partial charge in [-0.2, -0.15) is 0 Å². The maximum absolute atomic E-state index is 11.8. The van der Waals surface area contributed by atoms with Gasteiger partial charge in [0.25, 0.3) is 0 Å². The van der Waals surface area contributed by atoms with Crippen molar-refractivity contribution < 1.29 is 4.79 Å². The maximum atomic E-state index is 11.8. The molecule has 116 valence electrons. The highest BCUT2D eigenvalue weighted by atomic mass is 35.5. The van der Waals surface area contributed by atoms with E-state index in [4.69, 9.17) is 5.73 Å². The van der Waals surface area contributed by atoms with E-state index < -0.39 is 6.04 Å². The summed E-state index contributed by atoms with van der Waals surface area (Å²) in [5, 5.41) is 4.12. The number of fused-ring (bicyclic) bond motifs is 1. The van der Waals surface area contributed by atoms with Gasteiger partial charge < -0.3 is 16.0 Å². The average Bonchev–Trinajstić information content (AvgIpc) is 2.72. The van der Waals surface area contributed by atoms with Crippen LogP contribution >= 0.6 is 12.4 Å². The number of aryl methyl sites for hydroxylation is 2. The number of hydrogen-bond donors (Lipinski definition) is 3. The van der Waals surface area contributed by atoms with E-state index in [1.807, 2.05) is 13.0 Å². The summed E-state index contributed by atoms with van der Waals surface area (Å²) in [6, 6.07) is 5.81. The Kier molecular flexibility index (Phi) is 6.24. The maximum Gasteiger partial charge on any atom is 0.237 e. The van der Waals surface area contributed by atoms with E-state index >= 15 is 0 Å². The predicted molar refractivity (Wildman–Crippen MR) is 89.8 cm³/mol. The molecule has 4 N–H and O–H groups in total. The Morgan fingerprint density at radius 1 is 1.38 bits per heavy atom. The second kappa shape index (κ2) is 7.48. The largest absolute Gasteiger partial charge is 0.358 e. The van der Waals surface area contributed by atoms with Crippen LogP contribution in [0.4, 0.5) is 0 Å². The summed E-state index contributed by atoms with van der Waals surface area (Å²) in [7, 11) is 0. The highest BCUT2D eigenvalue weighted by Crippen LogP contribution is 2.22. The summed E-state index contributed by atoms with van der Waals surface area (Å²) in [4.78, 5) is 15.1. The van der Waals surface area contributed by atoms with Crippen molar-refractivity contribution in [3.05, 3.63) is 35.0 Å². The van der Waals surface area contributed by atoms with Gasteiger partial charge in [-0.05, 0) is 43.5 Å². The molecule has 1 aromatic carbocycles. The molecule has 0 aliphatic carbocycles. The van der Waals surface area contributed by atoms with Crippen LogP contribution in [0.15, 0.2) is 18.2 Å². The van der Waals surface area contributed by atoms with Crippen LogP contribution in [0.1, 0.15) is 36.6 Å². The van der Waals surface area contributed by atoms with E-state index in [9.17, 15) is 4.79 Å². The van der Waals surface area contributed by atoms with Crippen LogP contribution in [0.25, 0.3) is 10.9 Å². The quantitative estimate of drug-likeness (QED) is 0.794. The zero-order chi connectivity index (χ0) is 14.7. The molecule has 21 heavy (non-hydrogen) atoms. The van der Waals surface area contributed by atoms with Crippen molar-refractivity contribution in [1.29, 1.82) is 0 Å². The first-order valence-electron chi connectivity index (χ1n) is 7.14. The summed E-state index contributed by atoms with van der Waals surface area (Å²) >= 11 is 0. The Bertz CT molecular complexity index is 621. The minimum absolute atomic E-state index is 0. The van der Waals surface area contributed by atoms with Crippen molar-refractivity contribution in [1.82, 2.24) is 10.3 Å². The molecular weight excluding hydrogens is 286 g/mol. The number of benzene rings is 1. The second-order valence-electron chi connectivity index (χ2n) is 5.37. The highest BCUT2D eigenvalue weighted by Gasteiger charge is 2.12. The summed E-state index contributed by atoms with van der Waals surface area (Å²) in [6.45, 7) is 6.72. The minimum atomic E-state index is -0.403. The number of amides is 1. The number of H-pyrrole nitrogens is 1. The van der Waals surface area contributed by atoms with Crippen LogP contribution < -0.4 is 11.1 Å². The molecule has 0 spiro atoms. The first kappa shape index (κ1) is 17.5. The number of hydrogen-bond acceptors (Lipinski definition) is 2. The first-order chi connectivity index (χ1) is 9.52. The summed E-state index contributed by atoms with van der Waals surface area (Å²) in [6.07, 6.45) is 1.64. The van der Waals surface area contributed by atoms with Crippen LogP contribution in [-0.2, 0) is 11.3 Å². The fourth-order valence-electron chi connectivity index (χ4n) is 2.38. The SMILES string of the molecule is CCCC(N)C(=O)NCc1ccc2[nH]c(C)c(C)c2c1.Cl. The van der Waals surface area contributed by atoms with E-state index in [1.165, 1.54) is 16.6 Å². The van der Waals surface area contributed by atoms with Gasteiger partial charge in [0, 0.05) is 23.1 Å². The van der Waals surface area contributed by atoms with Gasteiger partial charge >= 0.3 is 0 Å². The molecule has 1 heterocycles. The van der Waals surface area contributed by atoms with E-state index in [0.717, 1.165) is 23.9 Å². The Labute approximate surface area is 131 Å². The van der Waals surface area contributed by atoms with Crippen molar-refractivity contribution >= 4 is 29.2 Å². The summed E-state index contributed by atoms with van der Waals surface area (Å²) in [5.74, 6) is -0.0751. The van der Waals surface area contributed by atoms with Gasteiger partial charge in [-0.25, -0.2) is 0 Å². The van der Waals surface area contributed by atoms with Gasteiger partial charge in [0.15, 0.2) is 0 Å². The van der Waals surface area contributed by atoms with Gasteiger partial charge in [0.05, 0.1) is 6.04 Å². The lowest BCUT2D eigenvalue weighted by molar-refractivity contribution is -0.122. The van der Waals surface area contributed by atoms with Gasteiger partial charge in [-0.3, -0.25) is 4.79 Å². The third kappa shape index (κ3) is 3.99. The molecule has 0 aliphatic rings. The second-order valence-corrected chi connectivity index (χ2v) is 5.37. The van der Waals surface area contributed by atoms with Crippen molar-refractivity contribution in [2.75, 3.05) is 0 Å². The number of halogens is 1. The zero-order valence-electron chi connectivity index (χ0n) is 12.8. The molecule has 2 aromatic rings. The Morgan fingerprint density at radius 2 is 2.10 bits per heavy atom. The molecule has 0 saturated carbocycles. The molecule has 1 atom stereocenters. The van der Waals surface area contributed by atoms with Gasteiger partial charge in [-0.15, -0.1) is 12.4 Å². The van der Waals surface area contributed by atoms with Gasteiger partial charge in [0.1, 0.15) is 0 Å². The molecule has 0 radical (unpaired) electrons. The standard InChI is InChI=1S/C16H23N3O.ClH/c1-4-5-14(17)16(20)18-9-12-6-7-15-13(8-12)10(2)11(3)19-15;/h6-8,14,19H,4-5,9,17H2,1-3H3,(H,18,20);1H. The van der Waals surface area contributed by atoms with Crippen molar-refractivity contribution in [2.24, 2.45) is 5.73 Å². The molecule has 5 heteroatoms. The number of carbonyl (C=O) groups excluding carboxylic acids is 1. The van der Waals surface area contributed by atoms with Crippen LogP contribution in [0.5, 0.6) is 0 Å². The first-order valence-corrected chi connectivity index (χ1v) is 7.14. The molecule has 1 amide bonds. The van der Waals surface area contributed by atoms with E-state index in [-0.39, 0.29) is 18.3 Å². The molecule has 0 fully saturated rings. The fourth-order valence-corrected chi connectivity index (χ4v) is 2.38. The van der Waals surface area contributed by atoms with Crippen LogP contribution in [0.2, 0.25) is 0 Å². The Hall–Kier alpha value is -1.52. The Balaban J connectivity index is 0.00000220. The van der Waals surface area contributed by atoms with Gasteiger partial charge in [-0.1, -0.05) is 19.4 Å². The third-order valence-corrected chi connectivity index (χ3v) is 3.78. The molecule has 4 nitrogen and oxygen atoms in total. The van der Waals surface area contributed by atoms with Crippen LogP contribution in [0.3, 0.4) is 0 Å². The summed E-state index contributed by atoms with van der Waals surface area (Å²) in [5.41, 5.74) is 10.5. The lowest BCUT2D eigenvalue weighted by atomic mass is 10.1. The van der Waals surface area contributed by atoms with Crippen LogP contribution in [0, 0.1) is 13.8 Å². The van der Waals surface area contributed by atoms with E-state index in [2.05, 4.69) is 36.3 Å². The van der Waals surface area contributed by atoms with E-state index in [1.54, 1.807) is 0 Å². The van der Waals surface area contributed by atoms with Crippen molar-refractivity contribution in [2.45, 2.75) is 46.2 Å². The monoisotopic (exact) mass is 309 g/mol. The predicted octanol–water partition coefficient (Wildman–Crippen LogP) is 2.95. The zero-order valence-corrected chi connectivity index (χ0v) is 13.6. The number of aromatic amines is 1. The molecular formula is C16H24ClN3O. The van der Waals surface area contributed by atoms with Crippen molar-refractivity contribution in [3.63, 3.8) is 0 Å². The van der Waals surface area contributed by atoms with Crippen LogP contribution in [-0.4, -0.2) is 16.9 Å².